The number of rotatable bonds is 4. The van der Waals surface area contributed by atoms with E-state index in [4.69, 9.17) is 0 Å². The van der Waals surface area contributed by atoms with Gasteiger partial charge < -0.3 is 15.3 Å². The Morgan fingerprint density at radius 2 is 1.88 bits per heavy atom. The Labute approximate surface area is 100 Å². The third-order valence-electron chi connectivity index (χ3n) is 3.40. The van der Waals surface area contributed by atoms with Crippen molar-refractivity contribution in [2.45, 2.75) is 52.2 Å². The van der Waals surface area contributed by atoms with Crippen LogP contribution in [0.5, 0.6) is 0 Å². The van der Waals surface area contributed by atoms with E-state index in [0.29, 0.717) is 5.92 Å². The van der Waals surface area contributed by atoms with Gasteiger partial charge >= 0.3 is 0 Å². The highest BCUT2D eigenvalue weighted by Crippen LogP contribution is 2.19. The molecule has 0 aromatic carbocycles. The summed E-state index contributed by atoms with van der Waals surface area (Å²) in [5.74, 6) is 0.520. The number of piperidine rings is 1. The standard InChI is InChI=1S/C13H28N2O/c1-11(16)12-5-8-15(9-6-12)10-7-14-13(2,3)4/h11-12,14,16H,5-10H2,1-4H3. The van der Waals surface area contributed by atoms with Gasteiger partial charge in [-0.15, -0.1) is 0 Å². The molecule has 1 saturated heterocycles. The smallest absolute Gasteiger partial charge is 0.0541 e. The molecule has 0 saturated carbocycles. The average molecular weight is 228 g/mol. The molecule has 1 rings (SSSR count). The number of aliphatic hydroxyl groups excluding tert-OH is 1. The molecule has 1 heterocycles. The van der Waals surface area contributed by atoms with Crippen LogP contribution >= 0.6 is 0 Å². The van der Waals surface area contributed by atoms with Crippen LogP contribution in [0.25, 0.3) is 0 Å². The van der Waals surface area contributed by atoms with Gasteiger partial charge in [0.05, 0.1) is 6.10 Å². The lowest BCUT2D eigenvalue weighted by molar-refractivity contribution is 0.0717. The van der Waals surface area contributed by atoms with Crippen molar-refractivity contribution in [2.24, 2.45) is 5.92 Å². The number of nitrogens with one attached hydrogen (secondary N) is 1. The Kier molecular flexibility index (Phi) is 5.22. The fourth-order valence-corrected chi connectivity index (χ4v) is 2.25. The molecule has 1 atom stereocenters. The third kappa shape index (κ3) is 5.28. The van der Waals surface area contributed by atoms with Gasteiger partial charge in [0.15, 0.2) is 0 Å². The van der Waals surface area contributed by atoms with E-state index in [1.54, 1.807) is 0 Å². The zero-order valence-electron chi connectivity index (χ0n) is 11.3. The molecule has 3 nitrogen and oxygen atoms in total. The van der Waals surface area contributed by atoms with E-state index in [2.05, 4.69) is 31.0 Å². The van der Waals surface area contributed by atoms with Crippen molar-refractivity contribution in [3.05, 3.63) is 0 Å². The highest BCUT2D eigenvalue weighted by atomic mass is 16.3. The molecule has 1 aliphatic heterocycles. The number of hydrogen-bond donors (Lipinski definition) is 2. The van der Waals surface area contributed by atoms with Gasteiger partial charge in [-0.25, -0.2) is 0 Å². The number of aliphatic hydroxyl groups is 1. The normalized spacial score (nSPS) is 22.3. The maximum atomic E-state index is 9.52. The molecule has 2 N–H and O–H groups in total. The van der Waals surface area contributed by atoms with Crippen LogP contribution in [-0.2, 0) is 0 Å². The topological polar surface area (TPSA) is 35.5 Å². The second-order valence-corrected chi connectivity index (χ2v) is 6.10. The van der Waals surface area contributed by atoms with Crippen molar-refractivity contribution in [3.8, 4) is 0 Å². The summed E-state index contributed by atoms with van der Waals surface area (Å²) in [6, 6.07) is 0. The first-order valence-electron chi connectivity index (χ1n) is 6.54. The van der Waals surface area contributed by atoms with Crippen molar-refractivity contribution in [1.82, 2.24) is 10.2 Å². The fraction of sp³-hybridized carbons (Fsp3) is 1.00. The maximum Gasteiger partial charge on any atom is 0.0541 e. The molecule has 0 spiro atoms. The van der Waals surface area contributed by atoms with E-state index in [1.165, 1.54) is 0 Å². The van der Waals surface area contributed by atoms with Gasteiger partial charge in [-0.3, -0.25) is 0 Å². The van der Waals surface area contributed by atoms with Crippen LogP contribution in [0.2, 0.25) is 0 Å². The first-order valence-corrected chi connectivity index (χ1v) is 6.54. The molecule has 0 radical (unpaired) electrons. The number of nitrogens with zero attached hydrogens (tertiary/aromatic N) is 1. The molecular weight excluding hydrogens is 200 g/mol. The Morgan fingerprint density at radius 3 is 2.31 bits per heavy atom. The van der Waals surface area contributed by atoms with E-state index in [9.17, 15) is 5.11 Å². The van der Waals surface area contributed by atoms with E-state index in [-0.39, 0.29) is 11.6 Å². The molecule has 3 heteroatoms. The minimum atomic E-state index is -0.130. The zero-order chi connectivity index (χ0) is 12.2. The summed E-state index contributed by atoms with van der Waals surface area (Å²) < 4.78 is 0. The van der Waals surface area contributed by atoms with Gasteiger partial charge in [-0.2, -0.15) is 0 Å². The van der Waals surface area contributed by atoms with E-state index in [0.717, 1.165) is 39.0 Å². The fourth-order valence-electron chi connectivity index (χ4n) is 2.25. The first-order chi connectivity index (χ1) is 7.38. The summed E-state index contributed by atoms with van der Waals surface area (Å²) in [5, 5.41) is 13.0. The molecule has 96 valence electrons. The summed E-state index contributed by atoms with van der Waals surface area (Å²) in [7, 11) is 0. The van der Waals surface area contributed by atoms with Crippen LogP contribution in [0.3, 0.4) is 0 Å². The molecule has 0 aromatic heterocycles. The lowest BCUT2D eigenvalue weighted by Crippen LogP contribution is -2.44. The van der Waals surface area contributed by atoms with Gasteiger partial charge in [0.2, 0.25) is 0 Å². The SMILES string of the molecule is CC(O)C1CCN(CCNC(C)(C)C)CC1. The van der Waals surface area contributed by atoms with Crippen molar-refractivity contribution >= 4 is 0 Å². The van der Waals surface area contributed by atoms with Crippen molar-refractivity contribution in [3.63, 3.8) is 0 Å². The summed E-state index contributed by atoms with van der Waals surface area (Å²) in [6.45, 7) is 13.0. The van der Waals surface area contributed by atoms with Crippen molar-refractivity contribution in [2.75, 3.05) is 26.2 Å². The molecule has 0 bridgehead atoms. The van der Waals surface area contributed by atoms with Gasteiger partial charge in [-0.1, -0.05) is 0 Å². The quantitative estimate of drug-likeness (QED) is 0.765. The largest absolute Gasteiger partial charge is 0.393 e. The highest BCUT2D eigenvalue weighted by Gasteiger charge is 2.22. The molecule has 1 unspecified atom stereocenters. The highest BCUT2D eigenvalue weighted by molar-refractivity contribution is 4.77. The second kappa shape index (κ2) is 5.99. The lowest BCUT2D eigenvalue weighted by atomic mass is 9.92. The Bertz CT molecular complexity index is 191. The zero-order valence-corrected chi connectivity index (χ0v) is 11.3. The van der Waals surface area contributed by atoms with Crippen LogP contribution in [0, 0.1) is 5.92 Å². The van der Waals surface area contributed by atoms with Crippen molar-refractivity contribution < 1.29 is 5.11 Å². The summed E-state index contributed by atoms with van der Waals surface area (Å²) in [5.41, 5.74) is 0.220. The van der Waals surface area contributed by atoms with E-state index >= 15 is 0 Å². The van der Waals surface area contributed by atoms with Crippen LogP contribution in [0.15, 0.2) is 0 Å². The van der Waals surface area contributed by atoms with Gasteiger partial charge in [0.25, 0.3) is 0 Å². The van der Waals surface area contributed by atoms with Gasteiger partial charge in [0, 0.05) is 18.6 Å². The first kappa shape index (κ1) is 13.9. The molecule has 16 heavy (non-hydrogen) atoms. The minimum Gasteiger partial charge on any atom is -0.393 e. The lowest BCUT2D eigenvalue weighted by Gasteiger charge is -2.34. The minimum absolute atomic E-state index is 0.130. The second-order valence-electron chi connectivity index (χ2n) is 6.10. The van der Waals surface area contributed by atoms with E-state index in [1.807, 2.05) is 6.92 Å². The average Bonchev–Trinajstić information content (AvgIpc) is 2.16. The summed E-state index contributed by atoms with van der Waals surface area (Å²) in [6.07, 6.45) is 2.16. The van der Waals surface area contributed by atoms with Gasteiger partial charge in [-0.05, 0) is 59.5 Å². The maximum absolute atomic E-state index is 9.52. The van der Waals surface area contributed by atoms with Crippen LogP contribution in [0.4, 0.5) is 0 Å². The Balaban J connectivity index is 2.13. The van der Waals surface area contributed by atoms with Crippen LogP contribution < -0.4 is 5.32 Å². The monoisotopic (exact) mass is 228 g/mol. The summed E-state index contributed by atoms with van der Waals surface area (Å²) >= 11 is 0. The van der Waals surface area contributed by atoms with Crippen LogP contribution in [-0.4, -0.2) is 47.8 Å². The predicted molar refractivity (Wildman–Crippen MR) is 68.6 cm³/mol. The molecule has 1 aliphatic rings. The molecule has 0 aromatic rings. The van der Waals surface area contributed by atoms with Gasteiger partial charge in [0.1, 0.15) is 0 Å². The van der Waals surface area contributed by atoms with E-state index < -0.39 is 0 Å². The van der Waals surface area contributed by atoms with Crippen LogP contribution in [0.1, 0.15) is 40.5 Å². The number of hydrogen-bond acceptors (Lipinski definition) is 3. The number of likely N-dealkylation sites (tertiary alicyclic amines) is 1. The summed E-state index contributed by atoms with van der Waals surface area (Å²) in [4.78, 5) is 2.50. The predicted octanol–water partition coefficient (Wildman–Crippen LogP) is 1.47. The molecule has 0 amide bonds. The Hall–Kier alpha value is -0.120. The third-order valence-corrected chi connectivity index (χ3v) is 3.40. The van der Waals surface area contributed by atoms with Crippen molar-refractivity contribution in [1.29, 1.82) is 0 Å². The Morgan fingerprint density at radius 1 is 1.31 bits per heavy atom. The molecule has 1 fully saturated rings. The molecule has 0 aliphatic carbocycles. The molecular formula is C13H28N2O.